The molecule has 3 heterocycles. The number of amides is 2. The van der Waals surface area contributed by atoms with Crippen molar-refractivity contribution in [3.05, 3.63) is 84.6 Å². The van der Waals surface area contributed by atoms with Gasteiger partial charge in [0, 0.05) is 36.5 Å². The van der Waals surface area contributed by atoms with E-state index in [-0.39, 0.29) is 17.8 Å². The van der Waals surface area contributed by atoms with Crippen LogP contribution in [0.1, 0.15) is 24.6 Å². The largest absolute Gasteiger partial charge is 0.497 e. The SMILES string of the molecule is COc1cccc(-c2nc([C@@H]3CCCN(C(=O)Nc4cccc(F)c4)C3)n3ccccc23)c1. The standard InChI is InChI=1S/C26H25FN4O2/c1-33-22-11-4-7-18(15-22)24-23-12-2-3-14-31(23)25(29-24)19-8-6-13-30(17-19)26(32)28-21-10-5-9-20(27)16-21/h2-5,7,9-12,14-16,19H,6,8,13,17H2,1H3,(H,28,32)/t19-/m1/s1. The van der Waals surface area contributed by atoms with Gasteiger partial charge in [0.15, 0.2) is 0 Å². The lowest BCUT2D eigenvalue weighted by molar-refractivity contribution is 0.191. The van der Waals surface area contributed by atoms with Gasteiger partial charge in [0.1, 0.15) is 17.4 Å². The number of anilines is 1. The molecule has 0 radical (unpaired) electrons. The van der Waals surface area contributed by atoms with Gasteiger partial charge in [0.05, 0.1) is 18.3 Å². The molecule has 1 atom stereocenters. The van der Waals surface area contributed by atoms with E-state index in [1.807, 2.05) is 42.6 Å². The molecule has 0 saturated carbocycles. The van der Waals surface area contributed by atoms with Crippen molar-refractivity contribution in [2.45, 2.75) is 18.8 Å². The number of halogens is 1. The van der Waals surface area contributed by atoms with Crippen LogP contribution in [0, 0.1) is 5.82 Å². The van der Waals surface area contributed by atoms with Gasteiger partial charge in [-0.2, -0.15) is 0 Å². The number of methoxy groups -OCH3 is 1. The average molecular weight is 445 g/mol. The highest BCUT2D eigenvalue weighted by atomic mass is 19.1. The number of fused-ring (bicyclic) bond motifs is 1. The number of pyridine rings is 1. The Balaban J connectivity index is 1.43. The van der Waals surface area contributed by atoms with Gasteiger partial charge in [0.25, 0.3) is 0 Å². The van der Waals surface area contributed by atoms with Crippen LogP contribution in [-0.2, 0) is 0 Å². The Morgan fingerprint density at radius 1 is 1.12 bits per heavy atom. The normalized spacial score (nSPS) is 16.1. The number of ether oxygens (including phenoxy) is 1. The van der Waals surface area contributed by atoms with Gasteiger partial charge >= 0.3 is 6.03 Å². The molecule has 0 aliphatic carbocycles. The van der Waals surface area contributed by atoms with Gasteiger partial charge in [-0.05, 0) is 55.3 Å². The molecule has 0 spiro atoms. The highest BCUT2D eigenvalue weighted by molar-refractivity contribution is 5.89. The maximum Gasteiger partial charge on any atom is 0.321 e. The van der Waals surface area contributed by atoms with E-state index in [1.165, 1.54) is 12.1 Å². The Kier molecular flexibility index (Phi) is 5.69. The number of urea groups is 1. The maximum atomic E-state index is 13.5. The van der Waals surface area contributed by atoms with Crippen LogP contribution in [0.5, 0.6) is 5.75 Å². The Hall–Kier alpha value is -3.87. The van der Waals surface area contributed by atoms with Crippen LogP contribution >= 0.6 is 0 Å². The van der Waals surface area contributed by atoms with Crippen LogP contribution in [0.2, 0.25) is 0 Å². The molecule has 4 aromatic rings. The number of likely N-dealkylation sites (tertiary alicyclic amines) is 1. The summed E-state index contributed by atoms with van der Waals surface area (Å²) in [6.07, 6.45) is 3.83. The molecule has 2 aromatic heterocycles. The van der Waals surface area contributed by atoms with Gasteiger partial charge in [-0.15, -0.1) is 0 Å². The average Bonchev–Trinajstić information content (AvgIpc) is 3.24. The van der Waals surface area contributed by atoms with Gasteiger partial charge in [0.2, 0.25) is 0 Å². The van der Waals surface area contributed by atoms with Crippen molar-refractivity contribution < 1.29 is 13.9 Å². The van der Waals surface area contributed by atoms with Crippen LogP contribution in [0.3, 0.4) is 0 Å². The summed E-state index contributed by atoms with van der Waals surface area (Å²) in [5.74, 6) is 1.43. The van der Waals surface area contributed by atoms with Gasteiger partial charge in [-0.1, -0.05) is 24.3 Å². The zero-order chi connectivity index (χ0) is 22.8. The first-order valence-electron chi connectivity index (χ1n) is 11.1. The molecule has 0 unspecified atom stereocenters. The lowest BCUT2D eigenvalue weighted by atomic mass is 9.97. The summed E-state index contributed by atoms with van der Waals surface area (Å²) in [6, 6.07) is 19.7. The number of imidazole rings is 1. The number of piperidine rings is 1. The highest BCUT2D eigenvalue weighted by Crippen LogP contribution is 2.33. The monoisotopic (exact) mass is 444 g/mol. The van der Waals surface area contributed by atoms with Crippen molar-refractivity contribution in [2.75, 3.05) is 25.5 Å². The van der Waals surface area contributed by atoms with E-state index in [9.17, 15) is 9.18 Å². The quantitative estimate of drug-likeness (QED) is 0.448. The second kappa shape index (κ2) is 8.94. The fourth-order valence-corrected chi connectivity index (χ4v) is 4.47. The minimum atomic E-state index is -0.377. The van der Waals surface area contributed by atoms with Crippen LogP contribution in [0.15, 0.2) is 72.9 Å². The van der Waals surface area contributed by atoms with Crippen molar-refractivity contribution in [1.82, 2.24) is 14.3 Å². The number of hydrogen-bond acceptors (Lipinski definition) is 3. The molecule has 1 saturated heterocycles. The highest BCUT2D eigenvalue weighted by Gasteiger charge is 2.28. The Labute approximate surface area is 191 Å². The number of nitrogens with one attached hydrogen (secondary N) is 1. The summed E-state index contributed by atoms with van der Waals surface area (Å²) < 4.78 is 21.0. The zero-order valence-corrected chi connectivity index (χ0v) is 18.4. The third-order valence-electron chi connectivity index (χ3n) is 6.07. The maximum absolute atomic E-state index is 13.5. The second-order valence-corrected chi connectivity index (χ2v) is 8.23. The summed E-state index contributed by atoms with van der Waals surface area (Å²) >= 11 is 0. The predicted octanol–water partition coefficient (Wildman–Crippen LogP) is 5.56. The van der Waals surface area contributed by atoms with E-state index < -0.39 is 0 Å². The van der Waals surface area contributed by atoms with E-state index >= 15 is 0 Å². The molecular weight excluding hydrogens is 419 g/mol. The number of aromatic nitrogens is 2. The summed E-state index contributed by atoms with van der Waals surface area (Å²) in [6.45, 7) is 1.20. The molecule has 6 nitrogen and oxygen atoms in total. The number of rotatable bonds is 4. The van der Waals surface area contributed by atoms with Crippen LogP contribution in [-0.4, -0.2) is 40.5 Å². The summed E-state index contributed by atoms with van der Waals surface area (Å²) in [7, 11) is 1.65. The summed E-state index contributed by atoms with van der Waals surface area (Å²) in [5, 5.41) is 2.81. The van der Waals surface area contributed by atoms with E-state index in [2.05, 4.69) is 15.8 Å². The molecule has 1 N–H and O–H groups in total. The van der Waals surface area contributed by atoms with Crippen molar-refractivity contribution >= 4 is 17.2 Å². The molecule has 168 valence electrons. The Morgan fingerprint density at radius 2 is 2.00 bits per heavy atom. The van der Waals surface area contributed by atoms with E-state index in [4.69, 9.17) is 9.72 Å². The molecule has 1 fully saturated rings. The van der Waals surface area contributed by atoms with Crippen LogP contribution in [0.4, 0.5) is 14.9 Å². The molecule has 7 heteroatoms. The van der Waals surface area contributed by atoms with Crippen LogP contribution in [0.25, 0.3) is 16.8 Å². The molecule has 33 heavy (non-hydrogen) atoms. The van der Waals surface area contributed by atoms with Gasteiger partial charge < -0.3 is 19.4 Å². The molecule has 1 aliphatic rings. The smallest absolute Gasteiger partial charge is 0.321 e. The number of nitrogens with zero attached hydrogens (tertiary/aromatic N) is 3. The molecule has 0 bridgehead atoms. The molecule has 5 rings (SSSR count). The third kappa shape index (κ3) is 4.26. The Bertz CT molecular complexity index is 1300. The number of carbonyl (C=O) groups excluding carboxylic acids is 1. The first-order valence-corrected chi connectivity index (χ1v) is 11.1. The minimum absolute atomic E-state index is 0.0891. The van der Waals surface area contributed by atoms with Crippen molar-refractivity contribution in [3.63, 3.8) is 0 Å². The molecule has 2 aromatic carbocycles. The molecular formula is C26H25FN4O2. The van der Waals surface area contributed by atoms with E-state index in [0.717, 1.165) is 41.2 Å². The topological polar surface area (TPSA) is 58.9 Å². The first kappa shape index (κ1) is 21.0. The third-order valence-corrected chi connectivity index (χ3v) is 6.07. The summed E-state index contributed by atoms with van der Waals surface area (Å²) in [4.78, 5) is 19.7. The van der Waals surface area contributed by atoms with Gasteiger partial charge in [-0.3, -0.25) is 0 Å². The van der Waals surface area contributed by atoms with Crippen molar-refractivity contribution in [2.24, 2.45) is 0 Å². The lowest BCUT2D eigenvalue weighted by Crippen LogP contribution is -2.42. The fourth-order valence-electron chi connectivity index (χ4n) is 4.47. The summed E-state index contributed by atoms with van der Waals surface area (Å²) in [5.41, 5.74) is 3.35. The lowest BCUT2D eigenvalue weighted by Gasteiger charge is -2.32. The minimum Gasteiger partial charge on any atom is -0.497 e. The fraction of sp³-hybridized carbons (Fsp3) is 0.231. The number of hydrogen-bond donors (Lipinski definition) is 1. The number of carbonyl (C=O) groups is 1. The first-order chi connectivity index (χ1) is 16.1. The van der Waals surface area contributed by atoms with E-state index in [0.29, 0.717) is 18.8 Å². The predicted molar refractivity (Wildman–Crippen MR) is 126 cm³/mol. The zero-order valence-electron chi connectivity index (χ0n) is 18.4. The number of benzene rings is 2. The second-order valence-electron chi connectivity index (χ2n) is 8.23. The molecule has 1 aliphatic heterocycles. The van der Waals surface area contributed by atoms with Crippen molar-refractivity contribution in [3.8, 4) is 17.0 Å². The Morgan fingerprint density at radius 3 is 2.85 bits per heavy atom. The molecule has 2 amide bonds. The van der Waals surface area contributed by atoms with Gasteiger partial charge in [-0.25, -0.2) is 14.2 Å². The van der Waals surface area contributed by atoms with Crippen LogP contribution < -0.4 is 10.1 Å². The van der Waals surface area contributed by atoms with Crippen molar-refractivity contribution in [1.29, 1.82) is 0 Å². The van der Waals surface area contributed by atoms with E-state index in [1.54, 1.807) is 24.1 Å².